The van der Waals surface area contributed by atoms with E-state index in [1.165, 1.54) is 10.5 Å². The number of rotatable bonds is 5. The molecule has 0 spiro atoms. The topological polar surface area (TPSA) is 63.7 Å². The van der Waals surface area contributed by atoms with Crippen LogP contribution in [0.1, 0.15) is 55.6 Å². The molecule has 9 rings (SSSR count). The van der Waals surface area contributed by atoms with Crippen LogP contribution in [-0.2, 0) is 16.0 Å². The van der Waals surface area contributed by atoms with E-state index in [4.69, 9.17) is 4.74 Å². The van der Waals surface area contributed by atoms with Crippen molar-refractivity contribution >= 4 is 23.5 Å². The highest BCUT2D eigenvalue weighted by Gasteiger charge is 2.61. The zero-order chi connectivity index (χ0) is 29.1. The summed E-state index contributed by atoms with van der Waals surface area (Å²) in [6, 6.07) is 40.6. The number of hydrogen-bond acceptors (Lipinski definition) is 4. The van der Waals surface area contributed by atoms with E-state index >= 15 is 0 Å². The molecule has 5 nitrogen and oxygen atoms in total. The van der Waals surface area contributed by atoms with E-state index in [0.717, 1.165) is 34.2 Å². The number of carbonyl (C=O) groups excluding carboxylic acids is 3. The van der Waals surface area contributed by atoms with E-state index < -0.39 is 17.8 Å². The summed E-state index contributed by atoms with van der Waals surface area (Å²) in [4.78, 5) is 42.2. The molecule has 3 aliphatic carbocycles. The van der Waals surface area contributed by atoms with Crippen LogP contribution in [0.3, 0.4) is 0 Å². The van der Waals surface area contributed by atoms with Crippen molar-refractivity contribution in [3.8, 4) is 5.75 Å². The maximum absolute atomic E-state index is 14.0. The lowest BCUT2D eigenvalue weighted by Gasteiger charge is -2.45. The highest BCUT2D eigenvalue weighted by molar-refractivity contribution is 6.23. The summed E-state index contributed by atoms with van der Waals surface area (Å²) in [6.45, 7) is 0. The highest BCUT2D eigenvalue weighted by Crippen LogP contribution is 2.61. The van der Waals surface area contributed by atoms with Gasteiger partial charge < -0.3 is 4.74 Å². The molecule has 0 radical (unpaired) electrons. The number of benzene rings is 5. The molecule has 4 aliphatic rings. The van der Waals surface area contributed by atoms with E-state index in [-0.39, 0.29) is 23.7 Å². The summed E-state index contributed by atoms with van der Waals surface area (Å²) in [7, 11) is 0. The van der Waals surface area contributed by atoms with Crippen LogP contribution < -0.4 is 9.64 Å². The zero-order valence-electron chi connectivity index (χ0n) is 23.2. The Labute approximate surface area is 249 Å². The van der Waals surface area contributed by atoms with Crippen molar-refractivity contribution in [1.29, 1.82) is 0 Å². The Morgan fingerprint density at radius 1 is 0.558 bits per heavy atom. The molecule has 1 heterocycles. The highest BCUT2D eigenvalue weighted by atomic mass is 16.5. The quantitative estimate of drug-likeness (QED) is 0.133. The summed E-state index contributed by atoms with van der Waals surface area (Å²) >= 11 is 0. The SMILES string of the molecule is O=C(Oc1ccc(Cc2ccccc2)cc1)c1ccc(N2C(=O)[C@@H]3C4c5ccccc5C(c5ccccc54)[C@H]3C2=O)cc1. The number of nitrogens with zero attached hydrogens (tertiary/aromatic N) is 1. The Balaban J connectivity index is 1.02. The first kappa shape index (κ1) is 25.4. The molecule has 5 heteroatoms. The molecule has 208 valence electrons. The number of imide groups is 1. The van der Waals surface area contributed by atoms with Gasteiger partial charge in [-0.25, -0.2) is 9.69 Å². The second kappa shape index (κ2) is 9.92. The van der Waals surface area contributed by atoms with E-state index in [1.807, 2.05) is 54.6 Å². The van der Waals surface area contributed by atoms with Crippen molar-refractivity contribution < 1.29 is 19.1 Å². The molecule has 2 atom stereocenters. The average Bonchev–Trinajstić information content (AvgIpc) is 3.32. The smallest absolute Gasteiger partial charge is 0.343 e. The second-order valence-corrected chi connectivity index (χ2v) is 11.5. The predicted octanol–water partition coefficient (Wildman–Crippen LogP) is 6.89. The molecule has 1 fully saturated rings. The lowest BCUT2D eigenvalue weighted by Crippen LogP contribution is -2.41. The van der Waals surface area contributed by atoms with Crippen molar-refractivity contribution in [2.24, 2.45) is 11.8 Å². The molecular formula is C38H27NO4. The predicted molar refractivity (Wildman–Crippen MR) is 163 cm³/mol. The van der Waals surface area contributed by atoms with Gasteiger partial charge in [-0.3, -0.25) is 9.59 Å². The average molecular weight is 562 g/mol. The summed E-state index contributed by atoms with van der Waals surface area (Å²) < 4.78 is 5.61. The fraction of sp³-hybridized carbons (Fsp3) is 0.132. The molecule has 0 unspecified atom stereocenters. The molecule has 5 aromatic carbocycles. The van der Waals surface area contributed by atoms with Gasteiger partial charge in [-0.05, 0) is 76.2 Å². The van der Waals surface area contributed by atoms with Gasteiger partial charge in [-0.2, -0.15) is 0 Å². The van der Waals surface area contributed by atoms with E-state index in [1.54, 1.807) is 36.4 Å². The van der Waals surface area contributed by atoms with Gasteiger partial charge >= 0.3 is 5.97 Å². The minimum absolute atomic E-state index is 0.155. The maximum atomic E-state index is 14.0. The number of amides is 2. The Morgan fingerprint density at radius 2 is 1.02 bits per heavy atom. The minimum atomic E-state index is -0.501. The van der Waals surface area contributed by atoms with Crippen molar-refractivity contribution in [1.82, 2.24) is 0 Å². The first-order chi connectivity index (χ1) is 21.1. The third-order valence-electron chi connectivity index (χ3n) is 9.19. The van der Waals surface area contributed by atoms with Crippen LogP contribution in [-0.4, -0.2) is 17.8 Å². The Kier molecular flexibility index (Phi) is 5.86. The molecule has 0 N–H and O–H groups in total. The van der Waals surface area contributed by atoms with Gasteiger partial charge in [-0.1, -0.05) is 91.0 Å². The van der Waals surface area contributed by atoms with Crippen molar-refractivity contribution in [2.75, 3.05) is 4.90 Å². The number of anilines is 1. The summed E-state index contributed by atoms with van der Waals surface area (Å²) in [5, 5.41) is 0. The standard InChI is InChI=1S/C38H27NO4/c40-36-34-32-28-10-4-5-11-29(28)33(31-13-7-6-12-30(31)32)35(34)37(41)39(36)26-18-16-25(17-19-26)38(42)43-27-20-14-24(15-21-27)22-23-8-2-1-3-9-23/h1-21,32-35H,22H2/t32?,33?,34-,35-/m1/s1. The Hall–Kier alpha value is -5.29. The second-order valence-electron chi connectivity index (χ2n) is 11.5. The fourth-order valence-corrected chi connectivity index (χ4v) is 7.35. The normalized spacial score (nSPS) is 21.3. The van der Waals surface area contributed by atoms with Crippen molar-refractivity contribution in [3.05, 3.63) is 166 Å². The molecule has 0 aromatic heterocycles. The Bertz CT molecular complexity index is 1780. The van der Waals surface area contributed by atoms with E-state index in [0.29, 0.717) is 17.0 Å². The molecular weight excluding hydrogens is 534 g/mol. The van der Waals surface area contributed by atoms with Gasteiger partial charge in [0.15, 0.2) is 0 Å². The van der Waals surface area contributed by atoms with Gasteiger partial charge in [0.1, 0.15) is 5.75 Å². The lowest BCUT2D eigenvalue weighted by molar-refractivity contribution is -0.122. The third-order valence-corrected chi connectivity index (χ3v) is 9.19. The number of carbonyl (C=O) groups is 3. The summed E-state index contributed by atoms with van der Waals surface area (Å²) in [5.74, 6) is -1.61. The van der Waals surface area contributed by atoms with Gasteiger partial charge in [0.05, 0.1) is 23.1 Å². The van der Waals surface area contributed by atoms with Gasteiger partial charge in [0.25, 0.3) is 0 Å². The summed E-state index contributed by atoms with van der Waals surface area (Å²) in [6.07, 6.45) is 0.797. The van der Waals surface area contributed by atoms with Crippen LogP contribution in [0.15, 0.2) is 127 Å². The first-order valence-electron chi connectivity index (χ1n) is 14.6. The molecule has 1 saturated heterocycles. The van der Waals surface area contributed by atoms with Gasteiger partial charge in [-0.15, -0.1) is 0 Å². The monoisotopic (exact) mass is 561 g/mol. The lowest BCUT2D eigenvalue weighted by atomic mass is 9.55. The van der Waals surface area contributed by atoms with Crippen molar-refractivity contribution in [2.45, 2.75) is 18.3 Å². The molecule has 0 saturated carbocycles. The van der Waals surface area contributed by atoms with Crippen molar-refractivity contribution in [3.63, 3.8) is 0 Å². The fourth-order valence-electron chi connectivity index (χ4n) is 7.35. The molecule has 2 bridgehead atoms. The molecule has 1 aliphatic heterocycles. The van der Waals surface area contributed by atoms with Crippen LogP contribution in [0, 0.1) is 11.8 Å². The maximum Gasteiger partial charge on any atom is 0.343 e. The number of ether oxygens (including phenoxy) is 1. The largest absolute Gasteiger partial charge is 0.423 e. The Morgan fingerprint density at radius 3 is 1.53 bits per heavy atom. The third kappa shape index (κ3) is 4.03. The molecule has 5 aromatic rings. The van der Waals surface area contributed by atoms with Gasteiger partial charge in [0.2, 0.25) is 11.8 Å². The van der Waals surface area contributed by atoms with Crippen LogP contribution in [0.2, 0.25) is 0 Å². The zero-order valence-corrected chi connectivity index (χ0v) is 23.2. The number of esters is 1. The number of hydrogen-bond donors (Lipinski definition) is 0. The molecule has 2 amide bonds. The molecule has 43 heavy (non-hydrogen) atoms. The van der Waals surface area contributed by atoms with Crippen LogP contribution >= 0.6 is 0 Å². The minimum Gasteiger partial charge on any atom is -0.423 e. The first-order valence-corrected chi connectivity index (χ1v) is 14.6. The van der Waals surface area contributed by atoms with Crippen LogP contribution in [0.4, 0.5) is 5.69 Å². The van der Waals surface area contributed by atoms with E-state index in [2.05, 4.69) is 36.4 Å². The van der Waals surface area contributed by atoms with Gasteiger partial charge in [0, 0.05) is 11.8 Å². The summed E-state index contributed by atoms with van der Waals surface area (Å²) in [5.41, 5.74) is 7.71. The van der Waals surface area contributed by atoms with E-state index in [9.17, 15) is 14.4 Å². The van der Waals surface area contributed by atoms with Crippen LogP contribution in [0.25, 0.3) is 0 Å². The van der Waals surface area contributed by atoms with Crippen LogP contribution in [0.5, 0.6) is 5.75 Å².